The summed E-state index contributed by atoms with van der Waals surface area (Å²) in [6.07, 6.45) is 0.156. The topological polar surface area (TPSA) is 50.3 Å². The van der Waals surface area contributed by atoms with E-state index in [0.29, 0.717) is 5.95 Å². The third-order valence-electron chi connectivity index (χ3n) is 4.23. The quantitative estimate of drug-likeness (QED) is 0.566. The molecular formula is C23H28N4O. The predicted octanol–water partition coefficient (Wildman–Crippen LogP) is 5.78. The first-order chi connectivity index (χ1) is 13.4. The lowest BCUT2D eigenvalue weighted by Gasteiger charge is -2.23. The molecule has 0 bridgehead atoms. The van der Waals surface area contributed by atoms with Crippen LogP contribution in [0.1, 0.15) is 32.0 Å². The Labute approximate surface area is 167 Å². The van der Waals surface area contributed by atoms with Crippen LogP contribution in [-0.4, -0.2) is 22.6 Å². The van der Waals surface area contributed by atoms with Gasteiger partial charge in [-0.1, -0.05) is 12.1 Å². The first kappa shape index (κ1) is 19.7. The first-order valence-electron chi connectivity index (χ1n) is 9.68. The fourth-order valence-electron chi connectivity index (χ4n) is 3.04. The number of rotatable bonds is 7. The second-order valence-corrected chi connectivity index (χ2v) is 7.09. The van der Waals surface area contributed by atoms with Crippen LogP contribution in [0.25, 0.3) is 0 Å². The average molecular weight is 377 g/mol. The zero-order valence-corrected chi connectivity index (χ0v) is 17.2. The number of hydrogen-bond acceptors (Lipinski definition) is 5. The highest BCUT2D eigenvalue weighted by Crippen LogP contribution is 2.26. The molecule has 5 heteroatoms. The van der Waals surface area contributed by atoms with E-state index in [4.69, 9.17) is 9.72 Å². The van der Waals surface area contributed by atoms with E-state index in [-0.39, 0.29) is 6.10 Å². The van der Waals surface area contributed by atoms with Gasteiger partial charge in [0.1, 0.15) is 11.6 Å². The molecule has 0 aliphatic rings. The van der Waals surface area contributed by atoms with Crippen molar-refractivity contribution >= 4 is 23.1 Å². The maximum atomic E-state index is 5.70. The van der Waals surface area contributed by atoms with Gasteiger partial charge in [-0.15, -0.1) is 0 Å². The molecule has 0 amide bonds. The number of nitrogens with zero attached hydrogens (tertiary/aromatic N) is 3. The van der Waals surface area contributed by atoms with Gasteiger partial charge in [0, 0.05) is 29.7 Å². The van der Waals surface area contributed by atoms with Gasteiger partial charge in [-0.2, -0.15) is 4.98 Å². The molecule has 0 fully saturated rings. The number of anilines is 4. The zero-order chi connectivity index (χ0) is 20.1. The standard InChI is InChI=1S/C23H28N4O/c1-6-27(20-9-7-8-17(4)14-20)22-15-18(5)24-23(26-22)25-19-10-12-21(13-11-19)28-16(2)3/h7-16H,6H2,1-5H3,(H,24,25,26). The normalized spacial score (nSPS) is 10.8. The molecule has 0 aliphatic carbocycles. The fourth-order valence-corrected chi connectivity index (χ4v) is 3.04. The summed E-state index contributed by atoms with van der Waals surface area (Å²) < 4.78 is 5.70. The van der Waals surface area contributed by atoms with Crippen LogP contribution in [0.4, 0.5) is 23.1 Å². The Kier molecular flexibility index (Phi) is 6.14. The van der Waals surface area contributed by atoms with Crippen molar-refractivity contribution in [3.05, 3.63) is 65.9 Å². The molecule has 5 nitrogen and oxygen atoms in total. The smallest absolute Gasteiger partial charge is 0.229 e. The summed E-state index contributed by atoms with van der Waals surface area (Å²) in [6.45, 7) is 11.1. The van der Waals surface area contributed by atoms with E-state index >= 15 is 0 Å². The van der Waals surface area contributed by atoms with Gasteiger partial charge in [0.25, 0.3) is 0 Å². The molecule has 3 rings (SSSR count). The Morgan fingerprint density at radius 1 is 1.00 bits per heavy atom. The number of aromatic nitrogens is 2. The summed E-state index contributed by atoms with van der Waals surface area (Å²) in [6, 6.07) is 18.3. The zero-order valence-electron chi connectivity index (χ0n) is 17.2. The second-order valence-electron chi connectivity index (χ2n) is 7.09. The van der Waals surface area contributed by atoms with Crippen molar-refractivity contribution in [2.45, 2.75) is 40.7 Å². The highest BCUT2D eigenvalue weighted by Gasteiger charge is 2.12. The van der Waals surface area contributed by atoms with E-state index in [1.807, 2.05) is 51.1 Å². The Hall–Kier alpha value is -3.08. The van der Waals surface area contributed by atoms with Crippen molar-refractivity contribution in [3.8, 4) is 5.75 Å². The highest BCUT2D eigenvalue weighted by molar-refractivity contribution is 5.63. The van der Waals surface area contributed by atoms with Crippen LogP contribution < -0.4 is 15.0 Å². The summed E-state index contributed by atoms with van der Waals surface area (Å²) >= 11 is 0. The maximum absolute atomic E-state index is 5.70. The summed E-state index contributed by atoms with van der Waals surface area (Å²) in [5, 5.41) is 3.30. The van der Waals surface area contributed by atoms with Crippen LogP contribution in [0, 0.1) is 13.8 Å². The Balaban J connectivity index is 1.84. The molecule has 1 N–H and O–H groups in total. The molecule has 0 spiro atoms. The van der Waals surface area contributed by atoms with Crippen LogP contribution in [-0.2, 0) is 0 Å². The fraction of sp³-hybridized carbons (Fsp3) is 0.304. The molecule has 0 atom stereocenters. The van der Waals surface area contributed by atoms with Crippen molar-refractivity contribution in [1.82, 2.24) is 9.97 Å². The van der Waals surface area contributed by atoms with Crippen LogP contribution in [0.3, 0.4) is 0 Å². The third-order valence-corrected chi connectivity index (χ3v) is 4.23. The first-order valence-corrected chi connectivity index (χ1v) is 9.68. The van der Waals surface area contributed by atoms with E-state index in [2.05, 4.69) is 53.3 Å². The molecule has 0 aliphatic heterocycles. The lowest BCUT2D eigenvalue weighted by molar-refractivity contribution is 0.242. The largest absolute Gasteiger partial charge is 0.491 e. The molecular weight excluding hydrogens is 348 g/mol. The predicted molar refractivity (Wildman–Crippen MR) is 116 cm³/mol. The van der Waals surface area contributed by atoms with Crippen molar-refractivity contribution in [3.63, 3.8) is 0 Å². The lowest BCUT2D eigenvalue weighted by atomic mass is 10.2. The minimum absolute atomic E-state index is 0.156. The SMILES string of the molecule is CCN(c1cccc(C)c1)c1cc(C)nc(Nc2ccc(OC(C)C)cc2)n1. The van der Waals surface area contributed by atoms with E-state index in [0.717, 1.165) is 35.2 Å². The molecule has 0 saturated heterocycles. The van der Waals surface area contributed by atoms with Crippen LogP contribution >= 0.6 is 0 Å². The lowest BCUT2D eigenvalue weighted by Crippen LogP contribution is -2.18. The van der Waals surface area contributed by atoms with Gasteiger partial charge in [0.15, 0.2) is 0 Å². The van der Waals surface area contributed by atoms with Crippen molar-refractivity contribution < 1.29 is 4.74 Å². The highest BCUT2D eigenvalue weighted by atomic mass is 16.5. The third kappa shape index (κ3) is 5.00. The van der Waals surface area contributed by atoms with E-state index < -0.39 is 0 Å². The molecule has 146 valence electrons. The summed E-state index contributed by atoms with van der Waals surface area (Å²) in [5.74, 6) is 2.31. The number of hydrogen-bond donors (Lipinski definition) is 1. The van der Waals surface area contributed by atoms with Crippen LogP contribution in [0.15, 0.2) is 54.6 Å². The van der Waals surface area contributed by atoms with E-state index in [1.54, 1.807) is 0 Å². The van der Waals surface area contributed by atoms with Gasteiger partial charge >= 0.3 is 0 Å². The minimum Gasteiger partial charge on any atom is -0.491 e. The molecule has 3 aromatic rings. The molecule has 28 heavy (non-hydrogen) atoms. The van der Waals surface area contributed by atoms with Gasteiger partial charge in [0.2, 0.25) is 5.95 Å². The Bertz CT molecular complexity index is 922. The van der Waals surface area contributed by atoms with Gasteiger partial charge < -0.3 is 15.0 Å². The molecule has 2 aromatic carbocycles. The minimum atomic E-state index is 0.156. The van der Waals surface area contributed by atoms with Crippen LogP contribution in [0.5, 0.6) is 5.75 Å². The van der Waals surface area contributed by atoms with Crippen molar-refractivity contribution in [1.29, 1.82) is 0 Å². The average Bonchev–Trinajstić information content (AvgIpc) is 2.63. The van der Waals surface area contributed by atoms with Crippen molar-refractivity contribution in [2.24, 2.45) is 0 Å². The molecule has 0 radical (unpaired) electrons. The summed E-state index contributed by atoms with van der Waals surface area (Å²) in [4.78, 5) is 11.5. The number of ether oxygens (including phenoxy) is 1. The monoisotopic (exact) mass is 376 g/mol. The number of benzene rings is 2. The molecule has 1 heterocycles. The molecule has 1 aromatic heterocycles. The Morgan fingerprint density at radius 3 is 2.39 bits per heavy atom. The van der Waals surface area contributed by atoms with Gasteiger partial charge in [-0.05, 0) is 76.6 Å². The summed E-state index contributed by atoms with van der Waals surface area (Å²) in [5.41, 5.74) is 4.19. The van der Waals surface area contributed by atoms with E-state index in [9.17, 15) is 0 Å². The van der Waals surface area contributed by atoms with E-state index in [1.165, 1.54) is 5.56 Å². The van der Waals surface area contributed by atoms with Gasteiger partial charge in [-0.25, -0.2) is 4.98 Å². The number of nitrogens with one attached hydrogen (secondary N) is 1. The van der Waals surface area contributed by atoms with Gasteiger partial charge in [0.05, 0.1) is 6.10 Å². The maximum Gasteiger partial charge on any atom is 0.229 e. The molecule has 0 unspecified atom stereocenters. The van der Waals surface area contributed by atoms with Crippen LogP contribution in [0.2, 0.25) is 0 Å². The molecule has 0 saturated carbocycles. The Morgan fingerprint density at radius 2 is 1.75 bits per heavy atom. The summed E-state index contributed by atoms with van der Waals surface area (Å²) in [7, 11) is 0. The number of aryl methyl sites for hydroxylation is 2. The van der Waals surface area contributed by atoms with Crippen molar-refractivity contribution in [2.75, 3.05) is 16.8 Å². The second kappa shape index (κ2) is 8.74. The van der Waals surface area contributed by atoms with Gasteiger partial charge in [-0.3, -0.25) is 0 Å².